The summed E-state index contributed by atoms with van der Waals surface area (Å²) in [6.45, 7) is 1.87. The average Bonchev–Trinajstić information content (AvgIpc) is 2.61. The van der Waals surface area contributed by atoms with Crippen molar-refractivity contribution in [3.8, 4) is 5.75 Å². The molecule has 134 valence electrons. The number of nitrogens with zero attached hydrogens (tertiary/aromatic N) is 2. The van der Waals surface area contributed by atoms with Crippen molar-refractivity contribution in [2.45, 2.75) is 6.92 Å². The molecule has 2 N–H and O–H groups in total. The summed E-state index contributed by atoms with van der Waals surface area (Å²) < 4.78 is 32.1. The zero-order chi connectivity index (χ0) is 18.7. The predicted octanol–water partition coefficient (Wildman–Crippen LogP) is 5.21. The van der Waals surface area contributed by atoms with Crippen LogP contribution in [0.4, 0.5) is 31.9 Å². The van der Waals surface area contributed by atoms with Crippen molar-refractivity contribution in [1.29, 1.82) is 0 Å². The third kappa shape index (κ3) is 4.00. The molecule has 8 heteroatoms. The third-order valence-corrected chi connectivity index (χ3v) is 3.98. The molecule has 0 spiro atoms. The van der Waals surface area contributed by atoms with Gasteiger partial charge in [-0.15, -0.1) is 0 Å². The van der Waals surface area contributed by atoms with Crippen molar-refractivity contribution >= 4 is 34.7 Å². The fourth-order valence-electron chi connectivity index (χ4n) is 2.27. The van der Waals surface area contributed by atoms with Crippen LogP contribution in [0.2, 0.25) is 5.02 Å². The lowest BCUT2D eigenvalue weighted by Crippen LogP contribution is -2.03. The van der Waals surface area contributed by atoms with Crippen LogP contribution in [0, 0.1) is 18.6 Å². The Balaban J connectivity index is 1.85. The standard InChI is InChI=1S/C18H15ClF2N4O/c1-10-7-15(16(26-2)9-12(10)19)23-17-5-6-22-18(25-17)24-14-4-3-11(20)8-13(14)21/h3-9H,1-2H3,(H2,22,23,24,25). The predicted molar refractivity (Wildman–Crippen MR) is 97.7 cm³/mol. The molecule has 0 bridgehead atoms. The highest BCUT2D eigenvalue weighted by Gasteiger charge is 2.10. The number of methoxy groups -OCH3 is 1. The van der Waals surface area contributed by atoms with E-state index in [9.17, 15) is 8.78 Å². The number of aryl methyl sites for hydroxylation is 1. The summed E-state index contributed by atoms with van der Waals surface area (Å²) in [7, 11) is 1.54. The Morgan fingerprint density at radius 2 is 1.85 bits per heavy atom. The zero-order valence-corrected chi connectivity index (χ0v) is 14.7. The SMILES string of the molecule is COc1cc(Cl)c(C)cc1Nc1ccnc(Nc2ccc(F)cc2F)n1. The number of halogens is 3. The van der Waals surface area contributed by atoms with E-state index in [2.05, 4.69) is 20.6 Å². The number of hydrogen-bond donors (Lipinski definition) is 2. The second-order valence-electron chi connectivity index (χ2n) is 5.44. The third-order valence-electron chi connectivity index (χ3n) is 3.58. The summed E-state index contributed by atoms with van der Waals surface area (Å²) in [5.74, 6) is -0.218. The molecule has 0 radical (unpaired) electrons. The Kier molecular flexibility index (Phi) is 5.18. The smallest absolute Gasteiger partial charge is 0.229 e. The molecule has 0 aliphatic carbocycles. The van der Waals surface area contributed by atoms with Gasteiger partial charge in [-0.3, -0.25) is 0 Å². The lowest BCUT2D eigenvalue weighted by Gasteiger charge is -2.13. The second-order valence-corrected chi connectivity index (χ2v) is 5.85. The number of nitrogens with one attached hydrogen (secondary N) is 2. The summed E-state index contributed by atoms with van der Waals surface area (Å²) in [6, 6.07) is 8.39. The van der Waals surface area contributed by atoms with Crippen molar-refractivity contribution in [1.82, 2.24) is 9.97 Å². The fraction of sp³-hybridized carbons (Fsp3) is 0.111. The van der Waals surface area contributed by atoms with E-state index >= 15 is 0 Å². The van der Waals surface area contributed by atoms with Gasteiger partial charge in [-0.2, -0.15) is 4.98 Å². The lowest BCUT2D eigenvalue weighted by molar-refractivity contribution is 0.416. The molecule has 0 saturated carbocycles. The van der Waals surface area contributed by atoms with Crippen LogP contribution in [-0.4, -0.2) is 17.1 Å². The van der Waals surface area contributed by atoms with Gasteiger partial charge in [0.25, 0.3) is 0 Å². The van der Waals surface area contributed by atoms with E-state index in [1.54, 1.807) is 12.1 Å². The molecular weight excluding hydrogens is 362 g/mol. The molecule has 0 atom stereocenters. The molecule has 3 rings (SSSR count). The van der Waals surface area contributed by atoms with Crippen LogP contribution in [-0.2, 0) is 0 Å². The van der Waals surface area contributed by atoms with Gasteiger partial charge in [0.05, 0.1) is 18.5 Å². The number of hydrogen-bond acceptors (Lipinski definition) is 5. The van der Waals surface area contributed by atoms with Gasteiger partial charge in [-0.1, -0.05) is 11.6 Å². The first-order chi connectivity index (χ1) is 12.5. The second kappa shape index (κ2) is 7.53. The van der Waals surface area contributed by atoms with Crippen LogP contribution in [0.5, 0.6) is 5.75 Å². The number of benzene rings is 2. The van der Waals surface area contributed by atoms with Crippen molar-refractivity contribution in [3.05, 3.63) is 64.8 Å². The molecule has 1 aromatic heterocycles. The maximum absolute atomic E-state index is 13.8. The first-order valence-corrected chi connectivity index (χ1v) is 8.00. The summed E-state index contributed by atoms with van der Waals surface area (Å²) in [4.78, 5) is 8.31. The number of ether oxygens (including phenoxy) is 1. The van der Waals surface area contributed by atoms with Crippen molar-refractivity contribution < 1.29 is 13.5 Å². The van der Waals surface area contributed by atoms with Gasteiger partial charge in [0, 0.05) is 23.4 Å². The van der Waals surface area contributed by atoms with Gasteiger partial charge in [-0.25, -0.2) is 13.8 Å². The van der Waals surface area contributed by atoms with Crippen LogP contribution < -0.4 is 15.4 Å². The molecule has 0 aliphatic rings. The molecule has 0 amide bonds. The lowest BCUT2D eigenvalue weighted by atomic mass is 10.2. The highest BCUT2D eigenvalue weighted by molar-refractivity contribution is 6.31. The minimum atomic E-state index is -0.734. The number of aromatic nitrogens is 2. The first-order valence-electron chi connectivity index (χ1n) is 7.62. The summed E-state index contributed by atoms with van der Waals surface area (Å²) >= 11 is 6.10. The van der Waals surface area contributed by atoms with E-state index in [0.29, 0.717) is 22.3 Å². The van der Waals surface area contributed by atoms with Crippen LogP contribution in [0.1, 0.15) is 5.56 Å². The summed E-state index contributed by atoms with van der Waals surface area (Å²) in [5, 5.41) is 6.42. The van der Waals surface area contributed by atoms with Crippen molar-refractivity contribution in [3.63, 3.8) is 0 Å². The molecule has 0 saturated heterocycles. The molecule has 1 heterocycles. The van der Waals surface area contributed by atoms with Gasteiger partial charge < -0.3 is 15.4 Å². The maximum atomic E-state index is 13.8. The Morgan fingerprint density at radius 1 is 1.04 bits per heavy atom. The van der Waals surface area contributed by atoms with Crippen LogP contribution in [0.15, 0.2) is 42.6 Å². The Morgan fingerprint density at radius 3 is 2.58 bits per heavy atom. The molecule has 26 heavy (non-hydrogen) atoms. The van der Waals surface area contributed by atoms with Gasteiger partial charge in [0.15, 0.2) is 0 Å². The normalized spacial score (nSPS) is 10.5. The topological polar surface area (TPSA) is 59.1 Å². The van der Waals surface area contributed by atoms with E-state index < -0.39 is 11.6 Å². The number of anilines is 4. The Bertz CT molecular complexity index is 952. The van der Waals surface area contributed by atoms with Crippen LogP contribution in [0.3, 0.4) is 0 Å². The van der Waals surface area contributed by atoms with Crippen molar-refractivity contribution in [2.24, 2.45) is 0 Å². The molecule has 0 aliphatic heterocycles. The van der Waals surface area contributed by atoms with Gasteiger partial charge in [0.2, 0.25) is 5.95 Å². The molecule has 0 fully saturated rings. The monoisotopic (exact) mass is 376 g/mol. The Labute approximate surface area is 154 Å². The first kappa shape index (κ1) is 17.9. The molecular formula is C18H15ClF2N4O. The zero-order valence-electron chi connectivity index (χ0n) is 14.0. The highest BCUT2D eigenvalue weighted by atomic mass is 35.5. The molecule has 2 aromatic carbocycles. The van der Waals surface area contributed by atoms with E-state index in [1.807, 2.05) is 13.0 Å². The minimum Gasteiger partial charge on any atom is -0.495 e. The van der Waals surface area contributed by atoms with E-state index in [0.717, 1.165) is 17.7 Å². The summed E-state index contributed by atoms with van der Waals surface area (Å²) in [6.07, 6.45) is 1.51. The quantitative estimate of drug-likeness (QED) is 0.640. The molecule has 5 nitrogen and oxygen atoms in total. The summed E-state index contributed by atoms with van der Waals surface area (Å²) in [5.41, 5.74) is 1.62. The van der Waals surface area contributed by atoms with Gasteiger partial charge in [0.1, 0.15) is 23.2 Å². The van der Waals surface area contributed by atoms with Crippen LogP contribution in [0.25, 0.3) is 0 Å². The minimum absolute atomic E-state index is 0.0727. The van der Waals surface area contributed by atoms with Gasteiger partial charge >= 0.3 is 0 Å². The molecule has 3 aromatic rings. The van der Waals surface area contributed by atoms with E-state index in [-0.39, 0.29) is 11.6 Å². The average molecular weight is 377 g/mol. The largest absolute Gasteiger partial charge is 0.495 e. The van der Waals surface area contributed by atoms with Gasteiger partial charge in [-0.05, 0) is 36.8 Å². The van der Waals surface area contributed by atoms with E-state index in [1.165, 1.54) is 19.4 Å². The number of rotatable bonds is 5. The van der Waals surface area contributed by atoms with Crippen molar-refractivity contribution in [2.75, 3.05) is 17.7 Å². The highest BCUT2D eigenvalue weighted by Crippen LogP contribution is 2.32. The van der Waals surface area contributed by atoms with E-state index in [4.69, 9.17) is 16.3 Å². The fourth-order valence-corrected chi connectivity index (χ4v) is 2.42. The maximum Gasteiger partial charge on any atom is 0.229 e. The Hall–Kier alpha value is -2.93. The molecule has 0 unspecified atom stereocenters. The van der Waals surface area contributed by atoms with Crippen LogP contribution >= 0.6 is 11.6 Å².